The first kappa shape index (κ1) is 16.6. The van der Waals surface area contributed by atoms with E-state index in [2.05, 4.69) is 10.9 Å². The van der Waals surface area contributed by atoms with E-state index in [1.54, 1.807) is 24.3 Å². The summed E-state index contributed by atoms with van der Waals surface area (Å²) < 4.78 is 16.4. The summed E-state index contributed by atoms with van der Waals surface area (Å²) in [5, 5.41) is 0. The SMILES string of the molecule is Cc1cccc(OCC(=O)NNC(=O)C2COc3ccccc3O2)c1. The predicted molar refractivity (Wildman–Crippen MR) is 89.3 cm³/mol. The molecule has 130 valence electrons. The molecule has 1 aliphatic heterocycles. The Morgan fingerprint density at radius 3 is 2.72 bits per heavy atom. The number of para-hydroxylation sites is 2. The summed E-state index contributed by atoms with van der Waals surface area (Å²) in [6, 6.07) is 14.4. The minimum absolute atomic E-state index is 0.0680. The third-order valence-corrected chi connectivity index (χ3v) is 3.49. The van der Waals surface area contributed by atoms with Crippen molar-refractivity contribution >= 4 is 11.8 Å². The monoisotopic (exact) mass is 342 g/mol. The number of benzene rings is 2. The molecule has 2 aromatic rings. The van der Waals surface area contributed by atoms with Gasteiger partial charge in [0.05, 0.1) is 0 Å². The van der Waals surface area contributed by atoms with Crippen molar-refractivity contribution in [1.82, 2.24) is 10.9 Å². The lowest BCUT2D eigenvalue weighted by atomic mass is 10.2. The molecular formula is C18H18N2O5. The summed E-state index contributed by atoms with van der Waals surface area (Å²) in [6.07, 6.45) is -0.840. The van der Waals surface area contributed by atoms with E-state index in [1.807, 2.05) is 31.2 Å². The maximum atomic E-state index is 12.1. The molecular weight excluding hydrogens is 324 g/mol. The Morgan fingerprint density at radius 2 is 1.92 bits per heavy atom. The molecule has 0 fully saturated rings. The van der Waals surface area contributed by atoms with Gasteiger partial charge >= 0.3 is 0 Å². The molecule has 0 bridgehead atoms. The molecule has 2 N–H and O–H groups in total. The number of nitrogens with one attached hydrogen (secondary N) is 2. The van der Waals surface area contributed by atoms with Crippen molar-refractivity contribution in [2.75, 3.05) is 13.2 Å². The molecule has 7 heteroatoms. The number of hydrogen-bond donors (Lipinski definition) is 2. The smallest absolute Gasteiger partial charge is 0.283 e. The standard InChI is InChI=1S/C18H18N2O5/c1-12-5-4-6-13(9-12)23-11-17(21)19-20-18(22)16-10-24-14-7-2-3-8-15(14)25-16/h2-9,16H,10-11H2,1H3,(H,19,21)(H,20,22). The Kier molecular flexibility index (Phi) is 5.03. The lowest BCUT2D eigenvalue weighted by Gasteiger charge is -2.25. The van der Waals surface area contributed by atoms with Crippen LogP contribution in [-0.4, -0.2) is 31.1 Å². The fourth-order valence-electron chi connectivity index (χ4n) is 2.25. The zero-order valence-electron chi connectivity index (χ0n) is 13.7. The van der Waals surface area contributed by atoms with Crippen molar-refractivity contribution in [2.45, 2.75) is 13.0 Å². The van der Waals surface area contributed by atoms with Gasteiger partial charge in [0.15, 0.2) is 18.1 Å². The highest BCUT2D eigenvalue weighted by Crippen LogP contribution is 2.30. The number of hydrogen-bond acceptors (Lipinski definition) is 5. The maximum Gasteiger partial charge on any atom is 0.283 e. The first-order chi connectivity index (χ1) is 12.1. The zero-order valence-corrected chi connectivity index (χ0v) is 13.7. The molecule has 7 nitrogen and oxygen atoms in total. The summed E-state index contributed by atoms with van der Waals surface area (Å²) in [5.74, 6) is 0.678. The molecule has 0 spiro atoms. The van der Waals surface area contributed by atoms with Gasteiger partial charge in [0.2, 0.25) is 6.10 Å². The van der Waals surface area contributed by atoms with Crippen LogP contribution in [-0.2, 0) is 9.59 Å². The van der Waals surface area contributed by atoms with Gasteiger partial charge in [0.1, 0.15) is 12.4 Å². The van der Waals surface area contributed by atoms with Gasteiger partial charge in [-0.3, -0.25) is 20.4 Å². The Bertz CT molecular complexity index is 778. The highest BCUT2D eigenvalue weighted by molar-refractivity contribution is 5.85. The summed E-state index contributed by atoms with van der Waals surface area (Å²) in [7, 11) is 0. The van der Waals surface area contributed by atoms with Gasteiger partial charge in [0, 0.05) is 0 Å². The molecule has 0 saturated carbocycles. The third kappa shape index (κ3) is 4.41. The molecule has 1 atom stereocenters. The number of amides is 2. The van der Waals surface area contributed by atoms with Gasteiger partial charge in [-0.1, -0.05) is 24.3 Å². The molecule has 0 radical (unpaired) electrons. The Balaban J connectivity index is 1.44. The molecule has 1 unspecified atom stereocenters. The van der Waals surface area contributed by atoms with E-state index >= 15 is 0 Å². The Labute approximate surface area is 144 Å². The average Bonchev–Trinajstić information content (AvgIpc) is 2.64. The summed E-state index contributed by atoms with van der Waals surface area (Å²) >= 11 is 0. The topological polar surface area (TPSA) is 85.9 Å². The molecule has 2 aromatic carbocycles. The molecule has 25 heavy (non-hydrogen) atoms. The minimum atomic E-state index is -0.840. The van der Waals surface area contributed by atoms with Gasteiger partial charge in [0.25, 0.3) is 11.8 Å². The van der Waals surface area contributed by atoms with Crippen LogP contribution < -0.4 is 25.1 Å². The lowest BCUT2D eigenvalue weighted by molar-refractivity contribution is -0.135. The van der Waals surface area contributed by atoms with Crippen LogP contribution in [0, 0.1) is 6.92 Å². The molecule has 1 heterocycles. The van der Waals surface area contributed by atoms with Crippen molar-refractivity contribution in [3.05, 3.63) is 54.1 Å². The van der Waals surface area contributed by atoms with E-state index in [1.165, 1.54) is 0 Å². The maximum absolute atomic E-state index is 12.1. The molecule has 0 saturated heterocycles. The summed E-state index contributed by atoms with van der Waals surface area (Å²) in [6.45, 7) is 1.78. The fraction of sp³-hybridized carbons (Fsp3) is 0.222. The fourth-order valence-corrected chi connectivity index (χ4v) is 2.25. The van der Waals surface area contributed by atoms with Gasteiger partial charge < -0.3 is 14.2 Å². The Hall–Kier alpha value is -3.22. The second-order valence-corrected chi connectivity index (χ2v) is 5.51. The second-order valence-electron chi connectivity index (χ2n) is 5.51. The first-order valence-corrected chi connectivity index (χ1v) is 7.78. The van der Waals surface area contributed by atoms with E-state index < -0.39 is 17.9 Å². The normalized spacial score (nSPS) is 15.2. The number of rotatable bonds is 4. The van der Waals surface area contributed by atoms with Crippen LogP contribution >= 0.6 is 0 Å². The van der Waals surface area contributed by atoms with Gasteiger partial charge in [-0.2, -0.15) is 0 Å². The second kappa shape index (κ2) is 7.57. The van der Waals surface area contributed by atoms with Crippen molar-refractivity contribution < 1.29 is 23.8 Å². The first-order valence-electron chi connectivity index (χ1n) is 7.78. The Morgan fingerprint density at radius 1 is 1.12 bits per heavy atom. The number of fused-ring (bicyclic) bond motifs is 1. The van der Waals surface area contributed by atoms with Crippen LogP contribution in [0.4, 0.5) is 0 Å². The number of ether oxygens (including phenoxy) is 3. The van der Waals surface area contributed by atoms with E-state index in [0.717, 1.165) is 5.56 Å². The van der Waals surface area contributed by atoms with Gasteiger partial charge in [-0.05, 0) is 36.8 Å². The highest BCUT2D eigenvalue weighted by Gasteiger charge is 2.27. The van der Waals surface area contributed by atoms with Crippen LogP contribution in [0.15, 0.2) is 48.5 Å². The van der Waals surface area contributed by atoms with Gasteiger partial charge in [-0.15, -0.1) is 0 Å². The summed E-state index contributed by atoms with van der Waals surface area (Å²) in [4.78, 5) is 23.8. The molecule has 0 aliphatic carbocycles. The van der Waals surface area contributed by atoms with E-state index in [0.29, 0.717) is 17.2 Å². The highest BCUT2D eigenvalue weighted by atomic mass is 16.6. The van der Waals surface area contributed by atoms with Crippen molar-refractivity contribution in [3.63, 3.8) is 0 Å². The minimum Gasteiger partial charge on any atom is -0.485 e. The zero-order chi connectivity index (χ0) is 17.6. The lowest BCUT2D eigenvalue weighted by Crippen LogP contribution is -2.51. The van der Waals surface area contributed by atoms with Crippen LogP contribution in [0.2, 0.25) is 0 Å². The van der Waals surface area contributed by atoms with Crippen LogP contribution in [0.1, 0.15) is 5.56 Å². The largest absolute Gasteiger partial charge is 0.485 e. The van der Waals surface area contributed by atoms with Crippen molar-refractivity contribution in [2.24, 2.45) is 0 Å². The third-order valence-electron chi connectivity index (χ3n) is 3.49. The number of carbonyl (C=O) groups excluding carboxylic acids is 2. The molecule has 1 aliphatic rings. The van der Waals surface area contributed by atoms with Crippen LogP contribution in [0.5, 0.6) is 17.2 Å². The van der Waals surface area contributed by atoms with E-state index in [-0.39, 0.29) is 13.2 Å². The van der Waals surface area contributed by atoms with E-state index in [4.69, 9.17) is 14.2 Å². The number of aryl methyl sites for hydroxylation is 1. The van der Waals surface area contributed by atoms with Crippen LogP contribution in [0.3, 0.4) is 0 Å². The van der Waals surface area contributed by atoms with E-state index in [9.17, 15) is 9.59 Å². The van der Waals surface area contributed by atoms with Crippen molar-refractivity contribution in [1.29, 1.82) is 0 Å². The number of carbonyl (C=O) groups is 2. The quantitative estimate of drug-likeness (QED) is 0.820. The molecule has 3 rings (SSSR count). The average molecular weight is 342 g/mol. The summed E-state index contributed by atoms with van der Waals surface area (Å²) in [5.41, 5.74) is 5.63. The number of hydrazine groups is 1. The predicted octanol–water partition coefficient (Wildman–Crippen LogP) is 1.36. The molecule has 0 aromatic heterocycles. The van der Waals surface area contributed by atoms with Gasteiger partial charge in [-0.25, -0.2) is 0 Å². The van der Waals surface area contributed by atoms with Crippen molar-refractivity contribution in [3.8, 4) is 17.2 Å². The van der Waals surface area contributed by atoms with Crippen LogP contribution in [0.25, 0.3) is 0 Å². The molecule has 2 amide bonds.